The molecule has 1 aliphatic rings. The lowest BCUT2D eigenvalue weighted by Gasteiger charge is -2.31. The molecule has 0 fully saturated rings. The molecule has 3 heteroatoms. The molecule has 0 aromatic heterocycles. The van der Waals surface area contributed by atoms with E-state index in [0.717, 1.165) is 19.4 Å². The number of nitrogens with one attached hydrogen (secondary N) is 1. The summed E-state index contributed by atoms with van der Waals surface area (Å²) < 4.78 is 0. The van der Waals surface area contributed by atoms with Crippen LogP contribution in [0.5, 0.6) is 0 Å². The van der Waals surface area contributed by atoms with Gasteiger partial charge in [-0.2, -0.15) is 0 Å². The minimum atomic E-state index is -0.168. The molecule has 21 heavy (non-hydrogen) atoms. The van der Waals surface area contributed by atoms with Gasteiger partial charge in [-0.1, -0.05) is 19.9 Å². The zero-order valence-corrected chi connectivity index (χ0v) is 14.4. The van der Waals surface area contributed by atoms with Crippen molar-refractivity contribution in [3.8, 4) is 0 Å². The Morgan fingerprint density at radius 1 is 1.33 bits per heavy atom. The van der Waals surface area contributed by atoms with E-state index in [4.69, 9.17) is 0 Å². The van der Waals surface area contributed by atoms with E-state index in [1.165, 1.54) is 29.7 Å². The lowest BCUT2D eigenvalue weighted by atomic mass is 9.97. The molecule has 1 aliphatic carbocycles. The Bertz CT molecular complexity index is 463. The fraction of sp³-hybridized carbons (Fsp3) is 0.667. The summed E-state index contributed by atoms with van der Waals surface area (Å²) in [6.45, 7) is 7.71. The van der Waals surface area contributed by atoms with Gasteiger partial charge < -0.3 is 10.4 Å². The van der Waals surface area contributed by atoms with Crippen LogP contribution in [0.1, 0.15) is 51.2 Å². The third kappa shape index (κ3) is 4.73. The Morgan fingerprint density at radius 3 is 2.81 bits per heavy atom. The molecule has 2 nitrogen and oxygen atoms in total. The first kappa shape index (κ1) is 16.9. The van der Waals surface area contributed by atoms with Gasteiger partial charge in [0.1, 0.15) is 0 Å². The number of hydrogen-bond acceptors (Lipinski definition) is 3. The Kier molecular flexibility index (Phi) is 6.15. The molecule has 0 radical (unpaired) electrons. The molecule has 0 spiro atoms. The normalized spacial score (nSPS) is 18.3. The van der Waals surface area contributed by atoms with Gasteiger partial charge >= 0.3 is 0 Å². The average molecular weight is 308 g/mol. The molecule has 2 atom stereocenters. The van der Waals surface area contributed by atoms with Crippen molar-refractivity contribution in [2.24, 2.45) is 0 Å². The maximum absolute atomic E-state index is 9.68. The number of aliphatic hydroxyl groups excluding tert-OH is 1. The average Bonchev–Trinajstić information content (AvgIpc) is 2.92. The summed E-state index contributed by atoms with van der Waals surface area (Å²) in [6, 6.07) is 6.94. The van der Waals surface area contributed by atoms with Crippen molar-refractivity contribution >= 4 is 11.8 Å². The summed E-state index contributed by atoms with van der Waals surface area (Å²) in [4.78, 5) is 1.37. The first-order valence-corrected chi connectivity index (χ1v) is 9.08. The van der Waals surface area contributed by atoms with Crippen LogP contribution < -0.4 is 5.32 Å². The van der Waals surface area contributed by atoms with Crippen LogP contribution in [-0.4, -0.2) is 29.0 Å². The van der Waals surface area contributed by atoms with E-state index < -0.39 is 0 Å². The predicted octanol–water partition coefficient (Wildman–Crippen LogP) is 3.80. The van der Waals surface area contributed by atoms with E-state index >= 15 is 0 Å². The summed E-state index contributed by atoms with van der Waals surface area (Å²) in [6.07, 6.45) is 5.87. The molecule has 118 valence electrons. The predicted molar refractivity (Wildman–Crippen MR) is 92.2 cm³/mol. The second kappa shape index (κ2) is 7.66. The molecule has 0 saturated heterocycles. The third-order valence-electron chi connectivity index (χ3n) is 4.30. The van der Waals surface area contributed by atoms with Crippen molar-refractivity contribution in [3.05, 3.63) is 29.3 Å². The molecule has 0 amide bonds. The Labute approximate surface area is 133 Å². The second-order valence-corrected chi connectivity index (χ2v) is 8.07. The van der Waals surface area contributed by atoms with Crippen molar-refractivity contribution in [1.29, 1.82) is 0 Å². The fourth-order valence-electron chi connectivity index (χ4n) is 3.15. The summed E-state index contributed by atoms with van der Waals surface area (Å²) in [7, 11) is 0. The van der Waals surface area contributed by atoms with Gasteiger partial charge in [0.25, 0.3) is 0 Å². The summed E-state index contributed by atoms with van der Waals surface area (Å²) in [5.41, 5.74) is 2.91. The molecule has 1 aromatic carbocycles. The molecule has 0 saturated carbocycles. The number of aliphatic hydroxyl groups is 1. The van der Waals surface area contributed by atoms with E-state index in [9.17, 15) is 5.11 Å². The van der Waals surface area contributed by atoms with Crippen LogP contribution in [0.25, 0.3) is 0 Å². The van der Waals surface area contributed by atoms with E-state index in [1.54, 1.807) is 5.56 Å². The van der Waals surface area contributed by atoms with Crippen LogP contribution >= 0.6 is 11.8 Å². The fourth-order valence-corrected chi connectivity index (χ4v) is 4.42. The lowest BCUT2D eigenvalue weighted by molar-refractivity contribution is 0.166. The Hall–Kier alpha value is -0.510. The van der Waals surface area contributed by atoms with Crippen LogP contribution in [-0.2, 0) is 12.8 Å². The number of benzene rings is 1. The van der Waals surface area contributed by atoms with Gasteiger partial charge in [-0.05, 0) is 68.8 Å². The van der Waals surface area contributed by atoms with Crippen LogP contribution in [0, 0.1) is 0 Å². The molecular formula is C18H29NOS. The third-order valence-corrected chi connectivity index (χ3v) is 5.39. The van der Waals surface area contributed by atoms with E-state index in [-0.39, 0.29) is 12.1 Å². The summed E-state index contributed by atoms with van der Waals surface area (Å²) in [5, 5.41) is 13.7. The Morgan fingerprint density at radius 2 is 2.10 bits per heavy atom. The van der Waals surface area contributed by atoms with Gasteiger partial charge in [0.15, 0.2) is 0 Å². The Balaban J connectivity index is 1.92. The highest BCUT2D eigenvalue weighted by Gasteiger charge is 2.25. The van der Waals surface area contributed by atoms with Gasteiger partial charge in [0.2, 0.25) is 0 Å². The zero-order chi connectivity index (χ0) is 15.3. The van der Waals surface area contributed by atoms with E-state index in [2.05, 4.69) is 44.3 Å². The highest BCUT2D eigenvalue weighted by molar-refractivity contribution is 7.99. The number of hydrogen-bond donors (Lipinski definition) is 2. The second-order valence-electron chi connectivity index (χ2n) is 6.56. The maximum atomic E-state index is 9.68. The number of thioether (sulfide) groups is 1. The number of fused-ring (bicyclic) bond motifs is 1. The van der Waals surface area contributed by atoms with Crippen LogP contribution in [0.2, 0.25) is 0 Å². The highest BCUT2D eigenvalue weighted by Crippen LogP contribution is 2.32. The van der Waals surface area contributed by atoms with E-state index in [1.807, 2.05) is 11.8 Å². The first-order valence-electron chi connectivity index (χ1n) is 8.20. The lowest BCUT2D eigenvalue weighted by Crippen LogP contribution is -2.47. The minimum Gasteiger partial charge on any atom is -0.394 e. The molecular weight excluding hydrogens is 278 g/mol. The van der Waals surface area contributed by atoms with Gasteiger partial charge in [-0.15, -0.1) is 11.8 Å². The smallest absolute Gasteiger partial charge is 0.0611 e. The van der Waals surface area contributed by atoms with Crippen molar-refractivity contribution < 1.29 is 5.11 Å². The molecule has 1 aromatic rings. The van der Waals surface area contributed by atoms with Crippen LogP contribution in [0.15, 0.2) is 23.1 Å². The van der Waals surface area contributed by atoms with Gasteiger partial charge in [-0.25, -0.2) is 0 Å². The van der Waals surface area contributed by atoms with Crippen molar-refractivity contribution in [2.45, 2.75) is 68.6 Å². The molecule has 2 rings (SSSR count). The minimum absolute atomic E-state index is 0.168. The van der Waals surface area contributed by atoms with Crippen molar-refractivity contribution in [1.82, 2.24) is 5.32 Å². The largest absolute Gasteiger partial charge is 0.394 e. The van der Waals surface area contributed by atoms with Crippen molar-refractivity contribution in [3.63, 3.8) is 0 Å². The SMILES string of the molecule is CCCNC(C)(CO)CC(C)Sc1ccc2c(c1)CCC2. The first-order chi connectivity index (χ1) is 10.1. The molecule has 0 aliphatic heterocycles. The van der Waals surface area contributed by atoms with Gasteiger partial charge in [-0.3, -0.25) is 0 Å². The number of aryl methyl sites for hydroxylation is 2. The quantitative estimate of drug-likeness (QED) is 0.717. The molecule has 0 bridgehead atoms. The summed E-state index contributed by atoms with van der Waals surface area (Å²) >= 11 is 1.93. The van der Waals surface area contributed by atoms with Crippen LogP contribution in [0.4, 0.5) is 0 Å². The van der Waals surface area contributed by atoms with Crippen LogP contribution in [0.3, 0.4) is 0 Å². The van der Waals surface area contributed by atoms with E-state index in [0.29, 0.717) is 5.25 Å². The summed E-state index contributed by atoms with van der Waals surface area (Å²) in [5.74, 6) is 0. The topological polar surface area (TPSA) is 32.3 Å². The maximum Gasteiger partial charge on any atom is 0.0611 e. The highest BCUT2D eigenvalue weighted by atomic mass is 32.2. The molecule has 0 heterocycles. The molecule has 2 N–H and O–H groups in total. The van der Waals surface area contributed by atoms with Gasteiger partial charge in [0, 0.05) is 15.7 Å². The molecule has 2 unspecified atom stereocenters. The zero-order valence-electron chi connectivity index (χ0n) is 13.6. The standard InChI is InChI=1S/C18H29NOS/c1-4-10-19-18(3,13-20)12-14(2)21-17-9-8-15-6-5-7-16(15)11-17/h8-9,11,14,19-20H,4-7,10,12-13H2,1-3H3. The van der Waals surface area contributed by atoms with Crippen molar-refractivity contribution in [2.75, 3.05) is 13.2 Å². The van der Waals surface area contributed by atoms with Gasteiger partial charge in [0.05, 0.1) is 6.61 Å². The number of rotatable bonds is 8. The monoisotopic (exact) mass is 307 g/mol.